The van der Waals surface area contributed by atoms with Crippen LogP contribution in [0.3, 0.4) is 0 Å². The van der Waals surface area contributed by atoms with Crippen LogP contribution in [-0.4, -0.2) is 42.5 Å². The molecule has 0 saturated heterocycles. The van der Waals surface area contributed by atoms with Crippen molar-refractivity contribution in [1.82, 2.24) is 10.3 Å². The molecule has 4 aromatic rings. The molecular formula is C30H26N4O3S. The number of hydrogen-bond donors (Lipinski definition) is 1. The van der Waals surface area contributed by atoms with Gasteiger partial charge in [0.15, 0.2) is 0 Å². The molecule has 2 aromatic carbocycles. The molecule has 1 aliphatic carbocycles. The molecule has 1 fully saturated rings. The first-order valence-electron chi connectivity index (χ1n) is 13.0. The molecule has 0 bridgehead atoms. The number of carbonyl (C=O) groups excluding carboxylic acids is 2. The van der Waals surface area contributed by atoms with Crippen molar-refractivity contribution in [2.75, 3.05) is 29.5 Å². The Morgan fingerprint density at radius 3 is 2.63 bits per heavy atom. The van der Waals surface area contributed by atoms with Crippen molar-refractivity contribution in [1.29, 1.82) is 0 Å². The lowest BCUT2D eigenvalue weighted by Gasteiger charge is -2.30. The number of para-hydroxylation sites is 3. The summed E-state index contributed by atoms with van der Waals surface area (Å²) in [5.74, 6) is 1.40. The third kappa shape index (κ3) is 4.11. The summed E-state index contributed by atoms with van der Waals surface area (Å²) < 4.78 is 5.80. The van der Waals surface area contributed by atoms with Gasteiger partial charge in [0.25, 0.3) is 11.8 Å². The van der Waals surface area contributed by atoms with E-state index in [1.54, 1.807) is 6.07 Å². The van der Waals surface area contributed by atoms with Gasteiger partial charge >= 0.3 is 0 Å². The summed E-state index contributed by atoms with van der Waals surface area (Å²) in [4.78, 5) is 37.2. The number of amides is 2. The van der Waals surface area contributed by atoms with Gasteiger partial charge in [-0.15, -0.1) is 11.3 Å². The molecule has 38 heavy (non-hydrogen) atoms. The van der Waals surface area contributed by atoms with Gasteiger partial charge in [-0.3, -0.25) is 9.59 Å². The SMILES string of the molecule is O=C(NC1CC1)c1cc2c(s1)-c1ccccc1N(C(=O)c1cccc(N3CCOc4ccccc43)n1)CC2. The number of anilines is 3. The van der Waals surface area contributed by atoms with E-state index in [-0.39, 0.29) is 11.8 Å². The maximum Gasteiger partial charge on any atom is 0.276 e. The average molecular weight is 523 g/mol. The minimum atomic E-state index is -0.136. The number of fused-ring (bicyclic) bond motifs is 4. The summed E-state index contributed by atoms with van der Waals surface area (Å²) in [5, 5.41) is 3.09. The number of nitrogens with one attached hydrogen (secondary N) is 1. The predicted octanol–water partition coefficient (Wildman–Crippen LogP) is 5.44. The predicted molar refractivity (Wildman–Crippen MR) is 149 cm³/mol. The van der Waals surface area contributed by atoms with Crippen LogP contribution in [0.5, 0.6) is 5.75 Å². The van der Waals surface area contributed by atoms with Gasteiger partial charge in [-0.05, 0) is 61.2 Å². The van der Waals surface area contributed by atoms with Gasteiger partial charge in [0.05, 0.1) is 22.8 Å². The second-order valence-corrected chi connectivity index (χ2v) is 10.8. The summed E-state index contributed by atoms with van der Waals surface area (Å²) in [6.07, 6.45) is 2.79. The molecule has 0 atom stereocenters. The third-order valence-electron chi connectivity index (χ3n) is 7.19. The number of benzene rings is 2. The molecule has 190 valence electrons. The molecule has 0 radical (unpaired) electrons. The molecule has 0 unspecified atom stereocenters. The highest BCUT2D eigenvalue weighted by molar-refractivity contribution is 7.17. The second-order valence-electron chi connectivity index (χ2n) is 9.79. The number of ether oxygens (including phenoxy) is 1. The molecule has 1 saturated carbocycles. The fourth-order valence-corrected chi connectivity index (χ4v) is 6.29. The Morgan fingerprint density at radius 2 is 1.76 bits per heavy atom. The van der Waals surface area contributed by atoms with E-state index in [0.29, 0.717) is 37.9 Å². The molecule has 8 heteroatoms. The smallest absolute Gasteiger partial charge is 0.276 e. The quantitative estimate of drug-likeness (QED) is 0.387. The topological polar surface area (TPSA) is 74.8 Å². The Hall–Kier alpha value is -4.17. The van der Waals surface area contributed by atoms with Gasteiger partial charge < -0.3 is 19.9 Å². The molecule has 0 spiro atoms. The van der Waals surface area contributed by atoms with Crippen LogP contribution < -0.4 is 19.9 Å². The Bertz CT molecular complexity index is 1560. The summed E-state index contributed by atoms with van der Waals surface area (Å²) in [5.41, 5.74) is 4.27. The van der Waals surface area contributed by atoms with Crippen molar-refractivity contribution in [2.45, 2.75) is 25.3 Å². The Morgan fingerprint density at radius 1 is 0.947 bits per heavy atom. The third-order valence-corrected chi connectivity index (χ3v) is 8.40. The summed E-state index contributed by atoms with van der Waals surface area (Å²) >= 11 is 1.51. The normalized spacial score (nSPS) is 16.0. The number of carbonyl (C=O) groups is 2. The largest absolute Gasteiger partial charge is 0.490 e. The van der Waals surface area contributed by atoms with Crippen molar-refractivity contribution >= 4 is 40.3 Å². The first kappa shape index (κ1) is 23.0. The molecule has 2 aliphatic heterocycles. The molecule has 4 heterocycles. The molecule has 3 aliphatic rings. The van der Waals surface area contributed by atoms with Crippen molar-refractivity contribution in [2.24, 2.45) is 0 Å². The maximum absolute atomic E-state index is 13.9. The molecule has 2 aromatic heterocycles. The molecular weight excluding hydrogens is 496 g/mol. The van der Waals surface area contributed by atoms with Crippen LogP contribution in [0.4, 0.5) is 17.2 Å². The number of aromatic nitrogens is 1. The fraction of sp³-hybridized carbons (Fsp3) is 0.233. The average Bonchev–Trinajstić information content (AvgIpc) is 3.71. The number of rotatable bonds is 4. The van der Waals surface area contributed by atoms with Gasteiger partial charge in [-0.2, -0.15) is 0 Å². The number of nitrogens with zero attached hydrogens (tertiary/aromatic N) is 3. The molecule has 7 rings (SSSR count). The number of thiophene rings is 1. The minimum Gasteiger partial charge on any atom is -0.490 e. The van der Waals surface area contributed by atoms with E-state index in [2.05, 4.69) is 10.2 Å². The van der Waals surface area contributed by atoms with Gasteiger partial charge in [-0.25, -0.2) is 4.98 Å². The van der Waals surface area contributed by atoms with Crippen molar-refractivity contribution < 1.29 is 14.3 Å². The summed E-state index contributed by atoms with van der Waals surface area (Å²) in [6, 6.07) is 23.7. The second kappa shape index (κ2) is 9.29. The van der Waals surface area contributed by atoms with E-state index in [1.165, 1.54) is 11.3 Å². The Labute approximate surface area is 224 Å². The van der Waals surface area contributed by atoms with E-state index >= 15 is 0 Å². The van der Waals surface area contributed by atoms with Crippen molar-refractivity contribution in [3.8, 4) is 16.2 Å². The van der Waals surface area contributed by atoms with Gasteiger partial charge in [-0.1, -0.05) is 36.4 Å². The number of hydrogen-bond acceptors (Lipinski definition) is 6. The van der Waals surface area contributed by atoms with Gasteiger partial charge in [0.2, 0.25) is 0 Å². The minimum absolute atomic E-state index is 0.00156. The lowest BCUT2D eigenvalue weighted by atomic mass is 10.1. The molecule has 2 amide bonds. The monoisotopic (exact) mass is 522 g/mol. The van der Waals surface area contributed by atoms with Crippen molar-refractivity contribution in [3.63, 3.8) is 0 Å². The highest BCUT2D eigenvalue weighted by Gasteiger charge is 2.30. The lowest BCUT2D eigenvalue weighted by molar-refractivity contribution is 0.0952. The van der Waals surface area contributed by atoms with Crippen LogP contribution >= 0.6 is 11.3 Å². The standard InChI is InChI=1S/C30H26N4O3S/c35-29(31-20-12-13-20)26-18-19-14-15-34(23-8-2-1-6-21(23)28(19)38-26)30(36)22-7-5-11-27(32-22)33-16-17-37-25-10-4-3-9-24(25)33/h1-11,18,20H,12-17H2,(H,31,35). The van der Waals surface area contributed by atoms with E-state index in [4.69, 9.17) is 9.72 Å². The zero-order valence-corrected chi connectivity index (χ0v) is 21.5. The zero-order valence-electron chi connectivity index (χ0n) is 20.7. The van der Waals surface area contributed by atoms with Gasteiger partial charge in [0, 0.05) is 23.0 Å². The first-order valence-corrected chi connectivity index (χ1v) is 13.8. The van der Waals surface area contributed by atoms with Crippen LogP contribution in [0, 0.1) is 0 Å². The number of pyridine rings is 1. The summed E-state index contributed by atoms with van der Waals surface area (Å²) in [6.45, 7) is 1.72. The fourth-order valence-electron chi connectivity index (χ4n) is 5.14. The Kier molecular flexibility index (Phi) is 5.62. The molecule has 7 nitrogen and oxygen atoms in total. The van der Waals surface area contributed by atoms with E-state index in [9.17, 15) is 9.59 Å². The van der Waals surface area contributed by atoms with Crippen LogP contribution in [-0.2, 0) is 6.42 Å². The highest BCUT2D eigenvalue weighted by Crippen LogP contribution is 2.42. The lowest BCUT2D eigenvalue weighted by Crippen LogP contribution is -2.34. The first-order chi connectivity index (χ1) is 18.7. The zero-order chi connectivity index (χ0) is 25.6. The van der Waals surface area contributed by atoms with E-state index in [0.717, 1.165) is 56.7 Å². The van der Waals surface area contributed by atoms with Crippen LogP contribution in [0.25, 0.3) is 10.4 Å². The summed E-state index contributed by atoms with van der Waals surface area (Å²) in [7, 11) is 0. The van der Waals surface area contributed by atoms with Crippen LogP contribution in [0.1, 0.15) is 38.6 Å². The Balaban J connectivity index is 1.21. The van der Waals surface area contributed by atoms with Gasteiger partial charge in [0.1, 0.15) is 23.9 Å². The highest BCUT2D eigenvalue weighted by atomic mass is 32.1. The van der Waals surface area contributed by atoms with Crippen LogP contribution in [0.2, 0.25) is 0 Å². The molecule has 1 N–H and O–H groups in total. The van der Waals surface area contributed by atoms with E-state index < -0.39 is 0 Å². The maximum atomic E-state index is 13.9. The van der Waals surface area contributed by atoms with Crippen LogP contribution in [0.15, 0.2) is 72.8 Å². The van der Waals surface area contributed by atoms with Crippen molar-refractivity contribution in [3.05, 3.63) is 88.9 Å². The van der Waals surface area contributed by atoms with E-state index in [1.807, 2.05) is 71.6 Å².